The molecular formula is C20H25NO3. The van der Waals surface area contributed by atoms with Crippen LogP contribution >= 0.6 is 0 Å². The first-order valence-electron chi connectivity index (χ1n) is 8.31. The van der Waals surface area contributed by atoms with E-state index < -0.39 is 6.10 Å². The van der Waals surface area contributed by atoms with Crippen LogP contribution in [0.4, 0.5) is 5.69 Å². The smallest absolute Gasteiger partial charge is 0.265 e. The normalized spacial score (nSPS) is 11.7. The van der Waals surface area contributed by atoms with E-state index in [2.05, 4.69) is 12.2 Å². The minimum Gasteiger partial charge on any atom is -0.494 e. The number of ether oxygens (including phenoxy) is 2. The van der Waals surface area contributed by atoms with Crippen molar-refractivity contribution in [3.8, 4) is 11.5 Å². The quantitative estimate of drug-likeness (QED) is 0.814. The molecule has 0 bridgehead atoms. The number of benzene rings is 2. The van der Waals surface area contributed by atoms with Crippen molar-refractivity contribution < 1.29 is 14.3 Å². The number of amides is 1. The molecule has 4 nitrogen and oxygen atoms in total. The molecule has 0 aromatic heterocycles. The molecule has 0 aliphatic heterocycles. The lowest BCUT2D eigenvalue weighted by Gasteiger charge is -2.18. The molecule has 0 aliphatic rings. The van der Waals surface area contributed by atoms with Gasteiger partial charge in [-0.2, -0.15) is 0 Å². The Kier molecular flexibility index (Phi) is 6.24. The third kappa shape index (κ3) is 4.75. The third-order valence-corrected chi connectivity index (χ3v) is 3.85. The second-order valence-electron chi connectivity index (χ2n) is 5.71. The van der Waals surface area contributed by atoms with Gasteiger partial charge in [0.15, 0.2) is 6.10 Å². The Hall–Kier alpha value is -2.49. The zero-order valence-corrected chi connectivity index (χ0v) is 14.8. The van der Waals surface area contributed by atoms with Crippen molar-refractivity contribution in [1.82, 2.24) is 0 Å². The first-order valence-corrected chi connectivity index (χ1v) is 8.31. The van der Waals surface area contributed by atoms with Crippen LogP contribution in [0.1, 0.15) is 31.4 Å². The van der Waals surface area contributed by atoms with Gasteiger partial charge < -0.3 is 14.8 Å². The average molecular weight is 327 g/mol. The van der Waals surface area contributed by atoms with Crippen molar-refractivity contribution >= 4 is 11.6 Å². The molecule has 0 spiro atoms. The molecule has 0 saturated heterocycles. The molecule has 0 saturated carbocycles. The summed E-state index contributed by atoms with van der Waals surface area (Å²) in [5.41, 5.74) is 3.08. The maximum absolute atomic E-state index is 12.4. The molecule has 0 aliphatic carbocycles. The number of nitrogens with one attached hydrogen (secondary N) is 1. The highest BCUT2D eigenvalue weighted by atomic mass is 16.5. The molecular weight excluding hydrogens is 302 g/mol. The lowest BCUT2D eigenvalue weighted by molar-refractivity contribution is -0.122. The van der Waals surface area contributed by atoms with Gasteiger partial charge in [0.25, 0.3) is 5.91 Å². The monoisotopic (exact) mass is 327 g/mol. The van der Waals surface area contributed by atoms with Crippen LogP contribution in [0.15, 0.2) is 42.5 Å². The van der Waals surface area contributed by atoms with Gasteiger partial charge in [-0.1, -0.05) is 13.0 Å². The minimum atomic E-state index is -0.529. The molecule has 1 N–H and O–H groups in total. The fraction of sp³-hybridized carbons (Fsp3) is 0.350. The van der Waals surface area contributed by atoms with Crippen molar-refractivity contribution in [2.45, 2.75) is 40.2 Å². The third-order valence-electron chi connectivity index (χ3n) is 3.85. The maximum Gasteiger partial charge on any atom is 0.265 e. The number of hydrogen-bond donors (Lipinski definition) is 1. The Morgan fingerprint density at radius 1 is 1.00 bits per heavy atom. The molecule has 0 radical (unpaired) electrons. The molecule has 0 heterocycles. The van der Waals surface area contributed by atoms with Crippen LogP contribution < -0.4 is 14.8 Å². The predicted octanol–water partition coefficient (Wildman–Crippen LogP) is 4.50. The molecule has 4 heteroatoms. The number of anilines is 1. The zero-order chi connectivity index (χ0) is 17.5. The van der Waals surface area contributed by atoms with Crippen molar-refractivity contribution in [3.05, 3.63) is 53.6 Å². The first kappa shape index (κ1) is 17.9. The predicted molar refractivity (Wildman–Crippen MR) is 96.9 cm³/mol. The Labute approximate surface area is 143 Å². The Morgan fingerprint density at radius 2 is 1.67 bits per heavy atom. The van der Waals surface area contributed by atoms with E-state index in [0.29, 0.717) is 18.8 Å². The van der Waals surface area contributed by atoms with E-state index in [1.807, 2.05) is 63.2 Å². The van der Waals surface area contributed by atoms with E-state index in [-0.39, 0.29) is 5.91 Å². The summed E-state index contributed by atoms with van der Waals surface area (Å²) in [5.74, 6) is 1.35. The van der Waals surface area contributed by atoms with E-state index in [0.717, 1.165) is 17.0 Å². The van der Waals surface area contributed by atoms with E-state index in [1.165, 1.54) is 5.56 Å². The zero-order valence-electron chi connectivity index (χ0n) is 14.8. The lowest BCUT2D eigenvalue weighted by Crippen LogP contribution is -2.32. The summed E-state index contributed by atoms with van der Waals surface area (Å²) < 4.78 is 11.3. The van der Waals surface area contributed by atoms with Crippen molar-refractivity contribution in [1.29, 1.82) is 0 Å². The number of carbonyl (C=O) groups is 1. The van der Waals surface area contributed by atoms with Gasteiger partial charge in [0.2, 0.25) is 0 Å². The van der Waals surface area contributed by atoms with Crippen LogP contribution in [0.3, 0.4) is 0 Å². The summed E-state index contributed by atoms with van der Waals surface area (Å²) in [5, 5.41) is 2.89. The van der Waals surface area contributed by atoms with Crippen molar-refractivity contribution in [3.63, 3.8) is 0 Å². The standard InChI is InChI=1S/C20H25NO3/c1-5-19(24-18-10-7-14(3)15(4)13-18)20(22)21-16-8-11-17(12-9-16)23-6-2/h7-13,19H,5-6H2,1-4H3,(H,21,22). The molecule has 24 heavy (non-hydrogen) atoms. The van der Waals surface area contributed by atoms with Gasteiger partial charge in [-0.3, -0.25) is 4.79 Å². The Morgan fingerprint density at radius 3 is 2.25 bits per heavy atom. The van der Waals surface area contributed by atoms with Gasteiger partial charge in [0.1, 0.15) is 11.5 Å². The van der Waals surface area contributed by atoms with Crippen LogP contribution in [0.2, 0.25) is 0 Å². The highest BCUT2D eigenvalue weighted by Crippen LogP contribution is 2.20. The van der Waals surface area contributed by atoms with E-state index in [4.69, 9.17) is 9.47 Å². The topological polar surface area (TPSA) is 47.6 Å². The molecule has 1 unspecified atom stereocenters. The second-order valence-corrected chi connectivity index (χ2v) is 5.71. The highest BCUT2D eigenvalue weighted by molar-refractivity contribution is 5.94. The highest BCUT2D eigenvalue weighted by Gasteiger charge is 2.18. The van der Waals surface area contributed by atoms with E-state index in [1.54, 1.807) is 0 Å². The second kappa shape index (κ2) is 8.39. The number of rotatable bonds is 7. The first-order chi connectivity index (χ1) is 11.5. The van der Waals surface area contributed by atoms with Crippen LogP contribution in [0.5, 0.6) is 11.5 Å². The summed E-state index contributed by atoms with van der Waals surface area (Å²) in [6.45, 7) is 8.57. The fourth-order valence-corrected chi connectivity index (χ4v) is 2.30. The maximum atomic E-state index is 12.4. The molecule has 1 amide bonds. The van der Waals surface area contributed by atoms with Gasteiger partial charge in [-0.05, 0) is 74.7 Å². The SMILES string of the molecule is CCOc1ccc(NC(=O)C(CC)Oc2ccc(C)c(C)c2)cc1. The van der Waals surface area contributed by atoms with Crippen LogP contribution in [0, 0.1) is 13.8 Å². The molecule has 2 rings (SSSR count). The van der Waals surface area contributed by atoms with Gasteiger partial charge >= 0.3 is 0 Å². The average Bonchev–Trinajstić information content (AvgIpc) is 2.57. The summed E-state index contributed by atoms with van der Waals surface area (Å²) >= 11 is 0. The molecule has 2 aromatic carbocycles. The minimum absolute atomic E-state index is 0.153. The molecule has 128 valence electrons. The molecule has 1 atom stereocenters. The van der Waals surface area contributed by atoms with Gasteiger partial charge in [-0.15, -0.1) is 0 Å². The Balaban J connectivity index is 2.01. The largest absolute Gasteiger partial charge is 0.494 e. The summed E-state index contributed by atoms with van der Waals surface area (Å²) in [4.78, 5) is 12.4. The number of aryl methyl sites for hydroxylation is 2. The fourth-order valence-electron chi connectivity index (χ4n) is 2.30. The van der Waals surface area contributed by atoms with Crippen LogP contribution in [0.25, 0.3) is 0 Å². The van der Waals surface area contributed by atoms with Crippen molar-refractivity contribution in [2.24, 2.45) is 0 Å². The molecule has 0 fully saturated rings. The molecule has 2 aromatic rings. The summed E-state index contributed by atoms with van der Waals surface area (Å²) in [6, 6.07) is 13.2. The van der Waals surface area contributed by atoms with Crippen LogP contribution in [-0.2, 0) is 4.79 Å². The van der Waals surface area contributed by atoms with Gasteiger partial charge in [0, 0.05) is 5.69 Å². The lowest BCUT2D eigenvalue weighted by atomic mass is 10.1. The number of carbonyl (C=O) groups excluding carboxylic acids is 1. The number of hydrogen-bond acceptors (Lipinski definition) is 3. The van der Waals surface area contributed by atoms with Crippen LogP contribution in [-0.4, -0.2) is 18.6 Å². The van der Waals surface area contributed by atoms with Gasteiger partial charge in [-0.25, -0.2) is 0 Å². The Bertz CT molecular complexity index is 680. The summed E-state index contributed by atoms with van der Waals surface area (Å²) in [6.07, 6.45) is 0.0640. The van der Waals surface area contributed by atoms with Gasteiger partial charge in [0.05, 0.1) is 6.61 Å². The van der Waals surface area contributed by atoms with Crippen molar-refractivity contribution in [2.75, 3.05) is 11.9 Å². The summed E-state index contributed by atoms with van der Waals surface area (Å²) in [7, 11) is 0. The van der Waals surface area contributed by atoms with E-state index >= 15 is 0 Å². The van der Waals surface area contributed by atoms with E-state index in [9.17, 15) is 4.79 Å².